The third-order valence-corrected chi connectivity index (χ3v) is 4.61. The Labute approximate surface area is 145 Å². The number of nitrogens with zero attached hydrogens (tertiary/aromatic N) is 3. The third kappa shape index (κ3) is 2.74. The maximum absolute atomic E-state index is 5.47. The van der Waals surface area contributed by atoms with Crippen molar-refractivity contribution in [1.29, 1.82) is 0 Å². The smallest absolute Gasteiger partial charge is 0.231 e. The number of ether oxygens (including phenoxy) is 2. The number of fused-ring (bicyclic) bond motifs is 2. The van der Waals surface area contributed by atoms with E-state index in [2.05, 4.69) is 22.0 Å². The molecule has 6 heteroatoms. The topological polar surface area (TPSA) is 60.6 Å². The highest BCUT2D eigenvalue weighted by atomic mass is 16.7. The van der Waals surface area contributed by atoms with Gasteiger partial charge in [0.05, 0.1) is 12.0 Å². The van der Waals surface area contributed by atoms with Gasteiger partial charge in [0, 0.05) is 25.8 Å². The first-order valence-corrected chi connectivity index (χ1v) is 8.35. The highest BCUT2D eigenvalue weighted by molar-refractivity contribution is 5.47. The Morgan fingerprint density at radius 1 is 1.12 bits per heavy atom. The first-order chi connectivity index (χ1) is 12.3. The molecule has 0 bridgehead atoms. The second-order valence-corrected chi connectivity index (χ2v) is 6.29. The zero-order valence-corrected chi connectivity index (χ0v) is 13.6. The quantitative estimate of drug-likeness (QED) is 0.733. The number of furan rings is 1. The van der Waals surface area contributed by atoms with Gasteiger partial charge in [0.15, 0.2) is 23.1 Å². The predicted molar refractivity (Wildman–Crippen MR) is 90.1 cm³/mol. The molecule has 1 aromatic carbocycles. The minimum Gasteiger partial charge on any atom is -0.461 e. The maximum Gasteiger partial charge on any atom is 0.231 e. The molecule has 0 fully saturated rings. The van der Waals surface area contributed by atoms with E-state index in [1.165, 1.54) is 11.1 Å². The summed E-state index contributed by atoms with van der Waals surface area (Å²) in [5.74, 6) is 3.00. The molecule has 126 valence electrons. The van der Waals surface area contributed by atoms with Crippen LogP contribution < -0.4 is 9.47 Å². The summed E-state index contributed by atoms with van der Waals surface area (Å²) < 4.78 is 16.3. The van der Waals surface area contributed by atoms with Gasteiger partial charge in [0.2, 0.25) is 6.79 Å². The molecule has 2 aliphatic heterocycles. The van der Waals surface area contributed by atoms with Crippen molar-refractivity contribution in [2.45, 2.75) is 19.5 Å². The molecule has 25 heavy (non-hydrogen) atoms. The minimum atomic E-state index is 0.308. The molecule has 0 aliphatic carbocycles. The van der Waals surface area contributed by atoms with E-state index in [-0.39, 0.29) is 0 Å². The number of aromatic nitrogens is 2. The molecular formula is C19H17N3O3. The molecule has 0 spiro atoms. The van der Waals surface area contributed by atoms with Crippen LogP contribution in [0, 0.1) is 0 Å². The molecule has 0 atom stereocenters. The lowest BCUT2D eigenvalue weighted by Crippen LogP contribution is -2.31. The monoisotopic (exact) mass is 335 g/mol. The van der Waals surface area contributed by atoms with Gasteiger partial charge in [-0.05, 0) is 41.8 Å². The zero-order valence-electron chi connectivity index (χ0n) is 13.6. The Bertz CT molecular complexity index is 908. The van der Waals surface area contributed by atoms with Crippen molar-refractivity contribution < 1.29 is 13.9 Å². The van der Waals surface area contributed by atoms with Crippen LogP contribution in [0.2, 0.25) is 0 Å². The largest absolute Gasteiger partial charge is 0.461 e. The molecule has 0 radical (unpaired) electrons. The predicted octanol–water partition coefficient (Wildman–Crippen LogP) is 3.02. The van der Waals surface area contributed by atoms with E-state index in [1.54, 1.807) is 6.26 Å². The fraction of sp³-hybridized carbons (Fsp3) is 0.263. The van der Waals surface area contributed by atoms with E-state index < -0.39 is 0 Å². The van der Waals surface area contributed by atoms with E-state index in [0.29, 0.717) is 18.4 Å². The number of hydrogen-bond donors (Lipinski definition) is 0. The van der Waals surface area contributed by atoms with E-state index in [0.717, 1.165) is 43.2 Å². The van der Waals surface area contributed by atoms with Crippen molar-refractivity contribution in [1.82, 2.24) is 14.9 Å². The molecule has 0 unspecified atom stereocenters. The Kier molecular flexibility index (Phi) is 3.41. The fourth-order valence-corrected chi connectivity index (χ4v) is 3.31. The molecule has 2 aliphatic rings. The second-order valence-electron chi connectivity index (χ2n) is 6.29. The van der Waals surface area contributed by atoms with Gasteiger partial charge in [0.1, 0.15) is 0 Å². The first kappa shape index (κ1) is 14.5. The lowest BCUT2D eigenvalue weighted by atomic mass is 10.1. The van der Waals surface area contributed by atoms with Gasteiger partial charge >= 0.3 is 0 Å². The molecule has 0 saturated carbocycles. The summed E-state index contributed by atoms with van der Waals surface area (Å²) in [6.45, 7) is 2.96. The molecular weight excluding hydrogens is 318 g/mol. The lowest BCUT2D eigenvalue weighted by molar-refractivity contribution is 0.174. The van der Waals surface area contributed by atoms with Crippen LogP contribution in [0.1, 0.15) is 16.8 Å². The minimum absolute atomic E-state index is 0.308. The van der Waals surface area contributed by atoms with Crippen LogP contribution in [0.25, 0.3) is 11.6 Å². The average molecular weight is 335 g/mol. The molecule has 3 aromatic rings. The second kappa shape index (κ2) is 5.89. The highest BCUT2D eigenvalue weighted by Crippen LogP contribution is 2.33. The van der Waals surface area contributed by atoms with E-state index in [9.17, 15) is 0 Å². The summed E-state index contributed by atoms with van der Waals surface area (Å²) in [4.78, 5) is 11.5. The molecule has 6 nitrogen and oxygen atoms in total. The van der Waals surface area contributed by atoms with E-state index in [4.69, 9.17) is 18.9 Å². The molecule has 0 amide bonds. The van der Waals surface area contributed by atoms with Crippen LogP contribution in [0.5, 0.6) is 11.5 Å². The van der Waals surface area contributed by atoms with E-state index in [1.807, 2.05) is 24.4 Å². The van der Waals surface area contributed by atoms with Gasteiger partial charge in [-0.25, -0.2) is 9.97 Å². The fourth-order valence-electron chi connectivity index (χ4n) is 3.31. The molecule has 5 rings (SSSR count). The SMILES string of the molecule is c1coc(-c2ncc3c(n2)CN(Cc2ccc4c(c2)OCO4)CC3)c1. The summed E-state index contributed by atoms with van der Waals surface area (Å²) in [6, 6.07) is 9.87. The Balaban J connectivity index is 1.36. The van der Waals surface area contributed by atoms with Crippen LogP contribution >= 0.6 is 0 Å². The molecule has 0 N–H and O–H groups in total. The van der Waals surface area contributed by atoms with Crippen molar-refractivity contribution in [2.24, 2.45) is 0 Å². The average Bonchev–Trinajstić information content (AvgIpc) is 3.32. The van der Waals surface area contributed by atoms with Gasteiger partial charge in [-0.3, -0.25) is 4.90 Å². The van der Waals surface area contributed by atoms with Crippen molar-refractivity contribution in [2.75, 3.05) is 13.3 Å². The summed E-state index contributed by atoms with van der Waals surface area (Å²) >= 11 is 0. The van der Waals surface area contributed by atoms with Crippen LogP contribution in [-0.2, 0) is 19.5 Å². The van der Waals surface area contributed by atoms with Crippen molar-refractivity contribution in [3.63, 3.8) is 0 Å². The van der Waals surface area contributed by atoms with Gasteiger partial charge in [-0.15, -0.1) is 0 Å². The van der Waals surface area contributed by atoms with Gasteiger partial charge in [-0.1, -0.05) is 6.07 Å². The summed E-state index contributed by atoms with van der Waals surface area (Å²) in [7, 11) is 0. The van der Waals surface area contributed by atoms with Gasteiger partial charge in [-0.2, -0.15) is 0 Å². The maximum atomic E-state index is 5.47. The molecule has 4 heterocycles. The van der Waals surface area contributed by atoms with E-state index >= 15 is 0 Å². The summed E-state index contributed by atoms with van der Waals surface area (Å²) in [5, 5.41) is 0. The van der Waals surface area contributed by atoms with Crippen molar-refractivity contribution in [3.8, 4) is 23.1 Å². The van der Waals surface area contributed by atoms with Crippen LogP contribution in [-0.4, -0.2) is 28.2 Å². The standard InChI is InChI=1S/C19H17N3O3/c1-2-17(23-7-1)19-20-9-14-5-6-22(11-15(14)21-19)10-13-3-4-16-18(8-13)25-12-24-16/h1-4,7-9H,5-6,10-12H2. The highest BCUT2D eigenvalue weighted by Gasteiger charge is 2.21. The third-order valence-electron chi connectivity index (χ3n) is 4.61. The molecule has 0 saturated heterocycles. The lowest BCUT2D eigenvalue weighted by Gasteiger charge is -2.28. The number of hydrogen-bond acceptors (Lipinski definition) is 6. The number of benzene rings is 1. The van der Waals surface area contributed by atoms with Crippen molar-refractivity contribution in [3.05, 3.63) is 59.6 Å². The van der Waals surface area contributed by atoms with Crippen LogP contribution in [0.4, 0.5) is 0 Å². The van der Waals surface area contributed by atoms with Gasteiger partial charge in [0.25, 0.3) is 0 Å². The van der Waals surface area contributed by atoms with Crippen LogP contribution in [0.15, 0.2) is 47.2 Å². The Morgan fingerprint density at radius 3 is 3.00 bits per heavy atom. The normalized spacial score (nSPS) is 16.0. The Hall–Kier alpha value is -2.86. The van der Waals surface area contributed by atoms with Gasteiger partial charge < -0.3 is 13.9 Å². The zero-order chi connectivity index (χ0) is 16.6. The first-order valence-electron chi connectivity index (χ1n) is 8.35. The number of rotatable bonds is 3. The Morgan fingerprint density at radius 2 is 2.08 bits per heavy atom. The van der Waals surface area contributed by atoms with Crippen LogP contribution in [0.3, 0.4) is 0 Å². The summed E-state index contributed by atoms with van der Waals surface area (Å²) in [6.07, 6.45) is 4.53. The van der Waals surface area contributed by atoms with Crippen molar-refractivity contribution >= 4 is 0 Å². The summed E-state index contributed by atoms with van der Waals surface area (Å²) in [5.41, 5.74) is 3.51. The molecule has 2 aromatic heterocycles.